The average molecular weight is 1600 g/mol. The topological polar surface area (TPSA) is 210 Å². The van der Waals surface area contributed by atoms with Crippen molar-refractivity contribution in [2.24, 2.45) is 29.6 Å². The van der Waals surface area contributed by atoms with Crippen LogP contribution in [0.4, 0.5) is 0 Å². The Labute approximate surface area is 699 Å². The Morgan fingerprint density at radius 3 is 1.07 bits per heavy atom. The summed E-state index contributed by atoms with van der Waals surface area (Å²) < 4.78 is 42.4. The Morgan fingerprint density at radius 1 is 0.350 bits per heavy atom. The summed E-state index contributed by atoms with van der Waals surface area (Å²) >= 11 is 0. The minimum absolute atomic E-state index is 0.0405. The van der Waals surface area contributed by atoms with Crippen LogP contribution < -0.4 is 0 Å². The quantitative estimate of drug-likeness (QED) is 0.0117. The van der Waals surface area contributed by atoms with E-state index in [2.05, 4.69) is 177 Å². The summed E-state index contributed by atoms with van der Waals surface area (Å²) in [6, 6.07) is 42.0. The van der Waals surface area contributed by atoms with Gasteiger partial charge >= 0.3 is 47.8 Å². The van der Waals surface area contributed by atoms with E-state index in [0.717, 1.165) is 78.2 Å². The van der Waals surface area contributed by atoms with Gasteiger partial charge in [0, 0.05) is 68.4 Å². The van der Waals surface area contributed by atoms with Gasteiger partial charge < -0.3 is 37.9 Å². The number of rotatable bonds is 42. The molecule has 0 atom stereocenters. The van der Waals surface area contributed by atoms with Gasteiger partial charge in [-0.3, -0.25) is 0 Å². The van der Waals surface area contributed by atoms with Crippen molar-refractivity contribution in [2.45, 2.75) is 249 Å². The molecule has 16 heteroatoms. The molecule has 2 aliphatic rings. The van der Waals surface area contributed by atoms with Gasteiger partial charge in [0.2, 0.25) is 6.29 Å². The molecule has 2 aliphatic carbocycles. The molecule has 7 rings (SSSR count). The number of carbonyl (C=O) groups is 8. The third-order valence-corrected chi connectivity index (χ3v) is 20.7. The standard InChI is InChI=1S/C34H38O4.C28H32O4.C21H34O4.C18H30O4/c1-6-7-8-26-9-13-29(14-10-26)31-17-19-32(20-18-31)30-15-11-27(12-16-30)21-28(22-37-33(35)24(2)3)23-38-34(36)25(4)5;1-18(2)26(29)31-28(32-27(30)19(3)4)25-16-14-24(15-17-25)23-12-10-22(11-13-23)21-8-6-20(5)7-9-21;1-6-7-8-17-9-11-18(12-10-17)19(13-24-20(22)15(2)3)14-25-21(23)16(4)5;1-6-7-8-9-10-11-12-13-16(21-17(19)14(2)3)22-18(20)15(4)5/h9-20,28H,2,4,6-8,21-23H2,1,3,5H3;10-17,20-21,28H,1,3,6-9H2,2,4-5H3;17-19H,2,4,6-14H2,1,3,5H3;16H,2,4,6-13H2,1,3,5H3. The zero-order valence-corrected chi connectivity index (χ0v) is 72.4. The maximum Gasteiger partial charge on any atom is 0.336 e. The zero-order valence-electron chi connectivity index (χ0n) is 72.4. The predicted molar refractivity (Wildman–Crippen MR) is 470 cm³/mol. The van der Waals surface area contributed by atoms with Crippen LogP contribution in [-0.2, 0) is 89.1 Å². The highest BCUT2D eigenvalue weighted by molar-refractivity contribution is 5.91. The van der Waals surface area contributed by atoms with Crippen LogP contribution in [0.2, 0.25) is 0 Å². The first-order chi connectivity index (χ1) is 55.7. The zero-order chi connectivity index (χ0) is 86.5. The molecule has 0 saturated heterocycles. The van der Waals surface area contributed by atoms with Crippen molar-refractivity contribution in [3.63, 3.8) is 0 Å². The van der Waals surface area contributed by atoms with E-state index in [-0.39, 0.29) is 72.5 Å². The number of carbonyl (C=O) groups excluding carboxylic acids is 8. The molecule has 0 N–H and O–H groups in total. The molecule has 0 radical (unpaired) electrons. The Balaban J connectivity index is 0.000000336. The summed E-state index contributed by atoms with van der Waals surface area (Å²) in [5.41, 5.74) is 13.7. The Hall–Kier alpha value is -10.2. The minimum atomic E-state index is -1.16. The van der Waals surface area contributed by atoms with Crippen LogP contribution in [0.15, 0.2) is 219 Å². The number of aryl methyl sites for hydroxylation is 1. The summed E-state index contributed by atoms with van der Waals surface area (Å²) in [6.45, 7) is 51.2. The maximum absolute atomic E-state index is 12.0. The highest BCUT2D eigenvalue weighted by Crippen LogP contribution is 2.39. The number of esters is 8. The number of unbranched alkanes of at least 4 members (excludes halogenated alkanes) is 8. The van der Waals surface area contributed by atoms with Crippen LogP contribution in [0.3, 0.4) is 0 Å². The van der Waals surface area contributed by atoms with Crippen molar-refractivity contribution in [2.75, 3.05) is 26.4 Å². The second-order valence-corrected chi connectivity index (χ2v) is 32.0. The summed E-state index contributed by atoms with van der Waals surface area (Å²) in [7, 11) is 0. The van der Waals surface area contributed by atoms with Crippen LogP contribution in [0.25, 0.3) is 33.4 Å². The summed E-state index contributed by atoms with van der Waals surface area (Å²) in [5.74, 6) is -1.39. The molecule has 0 heterocycles. The molecule has 16 nitrogen and oxygen atoms in total. The molecule has 5 aromatic carbocycles. The van der Waals surface area contributed by atoms with Gasteiger partial charge in [0.05, 0.1) is 26.4 Å². The van der Waals surface area contributed by atoms with E-state index in [1.54, 1.807) is 67.5 Å². The number of ether oxygens (including phenoxy) is 8. The molecule has 0 aromatic heterocycles. The number of hydrogen-bond acceptors (Lipinski definition) is 16. The summed E-state index contributed by atoms with van der Waals surface area (Å²) in [4.78, 5) is 94.3. The second-order valence-electron chi connectivity index (χ2n) is 32.0. The third kappa shape index (κ3) is 38.2. The molecule has 0 unspecified atom stereocenters. The van der Waals surface area contributed by atoms with Gasteiger partial charge in [0.1, 0.15) is 0 Å². The van der Waals surface area contributed by atoms with Crippen LogP contribution in [-0.4, -0.2) is 80.5 Å². The first-order valence-electron chi connectivity index (χ1n) is 42.0. The summed E-state index contributed by atoms with van der Waals surface area (Å²) in [6.07, 6.45) is 24.3. The van der Waals surface area contributed by atoms with Crippen LogP contribution in [0, 0.1) is 29.6 Å². The van der Waals surface area contributed by atoms with E-state index in [0.29, 0.717) is 52.5 Å². The van der Waals surface area contributed by atoms with Crippen LogP contribution in [0.5, 0.6) is 0 Å². The molecular formula is C101H134O16. The van der Waals surface area contributed by atoms with Crippen LogP contribution in [0.1, 0.15) is 252 Å². The van der Waals surface area contributed by atoms with Crippen molar-refractivity contribution in [3.8, 4) is 33.4 Å². The highest BCUT2D eigenvalue weighted by atomic mass is 16.7. The molecule has 5 aromatic rings. The van der Waals surface area contributed by atoms with Gasteiger partial charge in [0.25, 0.3) is 6.29 Å². The van der Waals surface area contributed by atoms with Crippen molar-refractivity contribution in [1.82, 2.24) is 0 Å². The fourth-order valence-corrected chi connectivity index (χ4v) is 13.2. The molecule has 0 amide bonds. The summed E-state index contributed by atoms with van der Waals surface area (Å²) in [5, 5.41) is 0. The van der Waals surface area contributed by atoms with Crippen molar-refractivity contribution in [3.05, 3.63) is 241 Å². The molecule has 2 fully saturated rings. The third-order valence-electron chi connectivity index (χ3n) is 20.7. The van der Waals surface area contributed by atoms with Crippen molar-refractivity contribution in [1.29, 1.82) is 0 Å². The largest absolute Gasteiger partial charge is 0.462 e. The Bertz CT molecular complexity index is 3950. The van der Waals surface area contributed by atoms with E-state index in [1.165, 1.54) is 119 Å². The second kappa shape index (κ2) is 53.9. The van der Waals surface area contributed by atoms with E-state index >= 15 is 0 Å². The molecule has 0 spiro atoms. The van der Waals surface area contributed by atoms with E-state index in [9.17, 15) is 38.4 Å². The van der Waals surface area contributed by atoms with Gasteiger partial charge in [0.15, 0.2) is 0 Å². The lowest BCUT2D eigenvalue weighted by molar-refractivity contribution is -0.185. The molecule has 117 heavy (non-hydrogen) atoms. The molecule has 0 bridgehead atoms. The Kier molecular flexibility index (Phi) is 45.7. The first kappa shape index (κ1) is 99.1. The van der Waals surface area contributed by atoms with Gasteiger partial charge in [-0.15, -0.1) is 0 Å². The van der Waals surface area contributed by atoms with Crippen LogP contribution >= 0.6 is 0 Å². The predicted octanol–water partition coefficient (Wildman–Crippen LogP) is 24.2. The van der Waals surface area contributed by atoms with E-state index < -0.39 is 48.4 Å². The van der Waals surface area contributed by atoms with Gasteiger partial charge in [-0.25, -0.2) is 38.4 Å². The van der Waals surface area contributed by atoms with Gasteiger partial charge in [-0.05, 0) is 180 Å². The smallest absolute Gasteiger partial charge is 0.336 e. The molecule has 0 aliphatic heterocycles. The number of hydrogen-bond donors (Lipinski definition) is 0. The fraction of sp³-hybridized carbons (Fsp3) is 0.465. The van der Waals surface area contributed by atoms with E-state index in [1.807, 2.05) is 12.1 Å². The van der Waals surface area contributed by atoms with E-state index in [4.69, 9.17) is 37.9 Å². The van der Waals surface area contributed by atoms with Crippen molar-refractivity contribution < 1.29 is 76.3 Å². The number of benzene rings is 5. The lowest BCUT2D eigenvalue weighted by atomic mass is 9.75. The molecular weight excluding hydrogens is 1470 g/mol. The first-order valence-corrected chi connectivity index (χ1v) is 42.0. The van der Waals surface area contributed by atoms with Gasteiger partial charge in [-0.1, -0.05) is 292 Å². The SMILES string of the molecule is C=C(C)C(=O)OC(CCCCCCCCC)OC(=O)C(=C)C.C=C(C)C(=O)OC(OC(=O)C(=C)C)c1ccc(-c2ccc(C3CCC(C)CC3)cc2)cc1.C=C(C)C(=O)OCC(COC(=O)C(=C)C)C1CCC(CCCC)CC1.C=C(C)C(=O)OCC(COC(=O)C(=C)C)Cc1ccc(-c2ccc(-c3ccc(CCCC)cc3)cc2)cc1. The fourth-order valence-electron chi connectivity index (χ4n) is 13.2. The lowest BCUT2D eigenvalue weighted by Crippen LogP contribution is -2.30. The van der Waals surface area contributed by atoms with Crippen molar-refractivity contribution >= 4 is 47.8 Å². The maximum atomic E-state index is 12.0. The normalized spacial score (nSPS) is 14.7. The highest BCUT2D eigenvalue weighted by Gasteiger charge is 2.31. The minimum Gasteiger partial charge on any atom is -0.462 e. The molecule has 2 saturated carbocycles. The lowest BCUT2D eigenvalue weighted by Gasteiger charge is -2.33. The average Bonchev–Trinajstić information content (AvgIpc) is 0.830. The van der Waals surface area contributed by atoms with Gasteiger partial charge in [-0.2, -0.15) is 0 Å². The monoisotopic (exact) mass is 1600 g/mol. The Morgan fingerprint density at radius 2 is 0.684 bits per heavy atom. The molecule has 634 valence electrons.